The number of halogens is 2. The molecule has 2 amide bonds. The van der Waals surface area contributed by atoms with Crippen LogP contribution in [0.1, 0.15) is 38.1 Å². The average molecular weight is 506 g/mol. The van der Waals surface area contributed by atoms with Crippen molar-refractivity contribution in [1.82, 2.24) is 25.5 Å². The van der Waals surface area contributed by atoms with Gasteiger partial charge in [0, 0.05) is 38.9 Å². The van der Waals surface area contributed by atoms with Gasteiger partial charge in [-0.15, -0.1) is 0 Å². The number of aliphatic hydroxyl groups excluding tert-OH is 1. The minimum atomic E-state index is -1.24. The molecule has 0 radical (unpaired) electrons. The molecule has 2 aromatic rings. The highest BCUT2D eigenvalue weighted by Gasteiger charge is 2.39. The van der Waals surface area contributed by atoms with Crippen molar-refractivity contribution in [1.29, 1.82) is 0 Å². The predicted molar refractivity (Wildman–Crippen MR) is 128 cm³/mol. The van der Waals surface area contributed by atoms with Gasteiger partial charge in [0.25, 0.3) is 5.91 Å². The lowest BCUT2D eigenvalue weighted by molar-refractivity contribution is -0.145. The Hall–Kier alpha value is -2.89. The van der Waals surface area contributed by atoms with E-state index in [1.54, 1.807) is 11.9 Å². The summed E-state index contributed by atoms with van der Waals surface area (Å²) in [7, 11) is 1.58. The lowest BCUT2D eigenvalue weighted by Gasteiger charge is -2.39. The van der Waals surface area contributed by atoms with Crippen LogP contribution in [0.25, 0.3) is 11.3 Å². The molecule has 2 saturated heterocycles. The maximum atomic E-state index is 14.4. The molecule has 0 bridgehead atoms. The Labute approximate surface area is 208 Å². The predicted octanol–water partition coefficient (Wildman–Crippen LogP) is 1.76. The largest absolute Gasteiger partial charge is 0.384 e. The van der Waals surface area contributed by atoms with Gasteiger partial charge in [-0.25, -0.2) is 13.8 Å². The molecule has 9 nitrogen and oxygen atoms in total. The highest BCUT2D eigenvalue weighted by Crippen LogP contribution is 2.36. The smallest absolute Gasteiger partial charge is 0.251 e. The van der Waals surface area contributed by atoms with E-state index in [1.807, 2.05) is 0 Å². The summed E-state index contributed by atoms with van der Waals surface area (Å²) in [6.07, 6.45) is 2.07. The number of hydrogen-bond acceptors (Lipinski definition) is 6. The van der Waals surface area contributed by atoms with Gasteiger partial charge < -0.3 is 30.4 Å². The highest BCUT2D eigenvalue weighted by molar-refractivity contribution is 5.82. The van der Waals surface area contributed by atoms with E-state index in [0.29, 0.717) is 57.1 Å². The van der Waals surface area contributed by atoms with Crippen molar-refractivity contribution in [3.63, 3.8) is 0 Å². The van der Waals surface area contributed by atoms with Crippen LogP contribution in [0, 0.1) is 23.5 Å². The van der Waals surface area contributed by atoms with Gasteiger partial charge in [-0.05, 0) is 56.2 Å². The summed E-state index contributed by atoms with van der Waals surface area (Å²) >= 11 is 0. The summed E-state index contributed by atoms with van der Waals surface area (Å²) in [4.78, 5) is 34.7. The first-order valence-electron chi connectivity index (χ1n) is 12.3. The third-order valence-electron chi connectivity index (χ3n) is 7.02. The number of aromatic amines is 1. The number of aromatic nitrogens is 2. The van der Waals surface area contributed by atoms with E-state index in [-0.39, 0.29) is 29.3 Å². The molecule has 0 aliphatic carbocycles. The number of hydrogen-bond donors (Lipinski definition) is 4. The van der Waals surface area contributed by atoms with Gasteiger partial charge in [-0.2, -0.15) is 0 Å². The topological polar surface area (TPSA) is 120 Å². The van der Waals surface area contributed by atoms with Gasteiger partial charge in [0.15, 0.2) is 0 Å². The van der Waals surface area contributed by atoms with E-state index in [4.69, 9.17) is 4.74 Å². The molecule has 2 aliphatic rings. The van der Waals surface area contributed by atoms with Crippen molar-refractivity contribution in [3.8, 4) is 11.3 Å². The fourth-order valence-corrected chi connectivity index (χ4v) is 5.17. The number of nitrogens with zero attached hydrogens (tertiary/aromatic N) is 2. The zero-order valence-electron chi connectivity index (χ0n) is 20.5. The third kappa shape index (κ3) is 5.74. The number of benzene rings is 1. The number of amides is 2. The van der Waals surface area contributed by atoms with Gasteiger partial charge in [0.05, 0.1) is 24.0 Å². The number of carbonyl (C=O) groups excluding carboxylic acids is 2. The van der Waals surface area contributed by atoms with Crippen LogP contribution in [0.15, 0.2) is 24.4 Å². The summed E-state index contributed by atoms with van der Waals surface area (Å²) < 4.78 is 33.8. The first-order valence-corrected chi connectivity index (χ1v) is 12.3. The second-order valence-corrected chi connectivity index (χ2v) is 9.54. The van der Waals surface area contributed by atoms with Crippen LogP contribution in [-0.2, 0) is 14.3 Å². The van der Waals surface area contributed by atoms with Crippen LogP contribution in [0.5, 0.6) is 0 Å². The number of ether oxygens (including phenoxy) is 1. The van der Waals surface area contributed by atoms with Gasteiger partial charge in [-0.1, -0.05) is 0 Å². The number of rotatable bonds is 8. The second kappa shape index (κ2) is 11.4. The lowest BCUT2D eigenvalue weighted by atomic mass is 9.88. The molecule has 1 aromatic carbocycles. The molecule has 36 heavy (non-hydrogen) atoms. The van der Waals surface area contributed by atoms with Crippen LogP contribution >= 0.6 is 0 Å². The zero-order valence-corrected chi connectivity index (χ0v) is 20.5. The molecule has 0 spiro atoms. The van der Waals surface area contributed by atoms with Crippen molar-refractivity contribution in [3.05, 3.63) is 41.9 Å². The van der Waals surface area contributed by atoms with E-state index in [9.17, 15) is 23.5 Å². The molecule has 4 unspecified atom stereocenters. The lowest BCUT2D eigenvalue weighted by Crippen LogP contribution is -2.47. The van der Waals surface area contributed by atoms with Crippen LogP contribution in [0.3, 0.4) is 0 Å². The SMILES string of the molecule is CNC(=O)C1CC(CN(C(=O)C(C)O)C(c2ncc(-c3cc(F)ccc3F)[nH]2)C2CCOCC2)CN1. The molecule has 4 atom stereocenters. The summed E-state index contributed by atoms with van der Waals surface area (Å²) in [5.41, 5.74) is 0.340. The maximum absolute atomic E-state index is 14.4. The Morgan fingerprint density at radius 2 is 2.06 bits per heavy atom. The standard InChI is InChI=1S/C25H33F2N5O4/c1-14(33)25(35)32(13-15-9-20(29-11-15)24(34)28-2)22(16-5-7-36-8-6-16)23-30-12-21(31-23)18-10-17(26)3-4-19(18)27/h3-4,10,12,14-16,20,22,29,33H,5-9,11,13H2,1-2H3,(H,28,34)(H,30,31). The molecule has 0 saturated carbocycles. The number of aliphatic hydroxyl groups is 1. The number of likely N-dealkylation sites (N-methyl/N-ethyl adjacent to an activating group) is 1. The molecule has 2 aliphatic heterocycles. The molecule has 11 heteroatoms. The Bertz CT molecular complexity index is 1070. The highest BCUT2D eigenvalue weighted by atomic mass is 19.1. The second-order valence-electron chi connectivity index (χ2n) is 9.54. The summed E-state index contributed by atoms with van der Waals surface area (Å²) in [5, 5.41) is 16.1. The molecule has 196 valence electrons. The minimum Gasteiger partial charge on any atom is -0.384 e. The van der Waals surface area contributed by atoms with Crippen LogP contribution in [0.2, 0.25) is 0 Å². The van der Waals surface area contributed by atoms with Crippen molar-refractivity contribution in [2.24, 2.45) is 11.8 Å². The van der Waals surface area contributed by atoms with E-state index < -0.39 is 29.7 Å². The molecule has 4 rings (SSSR count). The summed E-state index contributed by atoms with van der Waals surface area (Å²) in [6.45, 7) is 3.31. The molecule has 4 N–H and O–H groups in total. The van der Waals surface area contributed by atoms with Gasteiger partial charge in [-0.3, -0.25) is 9.59 Å². The molecule has 2 fully saturated rings. The van der Waals surface area contributed by atoms with Crippen molar-refractivity contribution in [2.75, 3.05) is 33.4 Å². The number of carbonyl (C=O) groups is 2. The van der Waals surface area contributed by atoms with Crippen molar-refractivity contribution < 1.29 is 28.2 Å². The van der Waals surface area contributed by atoms with E-state index in [1.165, 1.54) is 13.1 Å². The van der Waals surface area contributed by atoms with Gasteiger partial charge >= 0.3 is 0 Å². The molecular formula is C25H33F2N5O4. The van der Waals surface area contributed by atoms with E-state index in [0.717, 1.165) is 18.2 Å². The first kappa shape index (κ1) is 26.2. The average Bonchev–Trinajstić information content (AvgIpc) is 3.55. The van der Waals surface area contributed by atoms with Gasteiger partial charge in [0.1, 0.15) is 23.6 Å². The number of imidazole rings is 1. The minimum absolute atomic E-state index is 0.0209. The van der Waals surface area contributed by atoms with Gasteiger partial charge in [0.2, 0.25) is 5.91 Å². The Kier molecular flexibility index (Phi) is 8.32. The van der Waals surface area contributed by atoms with Crippen LogP contribution < -0.4 is 10.6 Å². The maximum Gasteiger partial charge on any atom is 0.251 e. The first-order chi connectivity index (χ1) is 17.3. The Morgan fingerprint density at radius 1 is 1.31 bits per heavy atom. The van der Waals surface area contributed by atoms with E-state index in [2.05, 4.69) is 20.6 Å². The Morgan fingerprint density at radius 3 is 2.75 bits per heavy atom. The fraction of sp³-hybridized carbons (Fsp3) is 0.560. The molecular weight excluding hydrogens is 472 g/mol. The normalized spacial score (nSPS) is 22.2. The van der Waals surface area contributed by atoms with Crippen molar-refractivity contribution >= 4 is 11.8 Å². The summed E-state index contributed by atoms with van der Waals surface area (Å²) in [6, 6.07) is 2.31. The van der Waals surface area contributed by atoms with Crippen LogP contribution in [0.4, 0.5) is 8.78 Å². The molecule has 1 aromatic heterocycles. The fourth-order valence-electron chi connectivity index (χ4n) is 5.17. The van der Waals surface area contributed by atoms with E-state index >= 15 is 0 Å². The number of H-pyrrole nitrogens is 1. The van der Waals surface area contributed by atoms with Crippen LogP contribution in [-0.4, -0.2) is 77.3 Å². The third-order valence-corrected chi connectivity index (χ3v) is 7.02. The van der Waals surface area contributed by atoms with Crippen molar-refractivity contribution in [2.45, 2.75) is 44.4 Å². The molecule has 3 heterocycles. The Balaban J connectivity index is 1.68. The summed E-state index contributed by atoms with van der Waals surface area (Å²) in [5.74, 6) is -1.35. The quantitative estimate of drug-likeness (QED) is 0.434. The zero-order chi connectivity index (χ0) is 25.8. The number of nitrogens with one attached hydrogen (secondary N) is 3. The monoisotopic (exact) mass is 505 g/mol.